The van der Waals surface area contributed by atoms with E-state index >= 15 is 0 Å². The van der Waals surface area contributed by atoms with Crippen molar-refractivity contribution in [3.05, 3.63) is 57.0 Å². The van der Waals surface area contributed by atoms with Crippen LogP contribution in [0.25, 0.3) is 6.08 Å². The fourth-order valence-electron chi connectivity index (χ4n) is 1.52. The lowest BCUT2D eigenvalue weighted by Gasteiger charge is -2.01. The van der Waals surface area contributed by atoms with Crippen molar-refractivity contribution in [3.63, 3.8) is 0 Å². The Bertz CT molecular complexity index is 566. The van der Waals surface area contributed by atoms with E-state index in [0.717, 1.165) is 21.3 Å². The van der Waals surface area contributed by atoms with E-state index in [0.29, 0.717) is 6.54 Å². The minimum atomic E-state index is -0.0776. The third-order valence-corrected chi connectivity index (χ3v) is 3.97. The SMILES string of the molecule is O=C(/C=C/c1csc(Br)c1)NCCc1cccnc1. The largest absolute Gasteiger partial charge is 0.352 e. The number of hydrogen-bond acceptors (Lipinski definition) is 3. The molecule has 0 atom stereocenters. The predicted molar refractivity (Wildman–Crippen MR) is 82.0 cm³/mol. The van der Waals surface area contributed by atoms with Crippen LogP contribution >= 0.6 is 27.3 Å². The average molecular weight is 337 g/mol. The molecule has 0 aromatic carbocycles. The maximum absolute atomic E-state index is 11.6. The molecule has 0 fully saturated rings. The molecule has 1 amide bonds. The van der Waals surface area contributed by atoms with E-state index in [-0.39, 0.29) is 5.91 Å². The Morgan fingerprint density at radius 3 is 3.11 bits per heavy atom. The number of nitrogens with zero attached hydrogens (tertiary/aromatic N) is 1. The molecule has 98 valence electrons. The molecule has 2 heterocycles. The zero-order chi connectivity index (χ0) is 13.5. The van der Waals surface area contributed by atoms with Gasteiger partial charge in [0.1, 0.15) is 0 Å². The normalized spacial score (nSPS) is 10.8. The second kappa shape index (κ2) is 7.21. The van der Waals surface area contributed by atoms with Crippen LogP contribution in [-0.4, -0.2) is 17.4 Å². The molecule has 0 radical (unpaired) electrons. The number of hydrogen-bond donors (Lipinski definition) is 1. The molecule has 3 nitrogen and oxygen atoms in total. The summed E-state index contributed by atoms with van der Waals surface area (Å²) in [5.74, 6) is -0.0776. The molecule has 2 aromatic rings. The van der Waals surface area contributed by atoms with Crippen LogP contribution in [0.15, 0.2) is 45.8 Å². The van der Waals surface area contributed by atoms with Gasteiger partial charge >= 0.3 is 0 Å². The van der Waals surface area contributed by atoms with E-state index in [1.807, 2.05) is 29.8 Å². The van der Waals surface area contributed by atoms with Gasteiger partial charge in [-0.1, -0.05) is 6.07 Å². The first kappa shape index (κ1) is 14.0. The van der Waals surface area contributed by atoms with Crippen LogP contribution in [0.2, 0.25) is 0 Å². The summed E-state index contributed by atoms with van der Waals surface area (Å²) in [5, 5.41) is 4.84. The second-order valence-corrected chi connectivity index (χ2v) is 6.21. The molecule has 1 N–H and O–H groups in total. The number of amides is 1. The second-order valence-electron chi connectivity index (χ2n) is 3.92. The molecule has 0 saturated heterocycles. The van der Waals surface area contributed by atoms with E-state index < -0.39 is 0 Å². The summed E-state index contributed by atoms with van der Waals surface area (Å²) in [4.78, 5) is 15.6. The van der Waals surface area contributed by atoms with Crippen molar-refractivity contribution in [1.82, 2.24) is 10.3 Å². The Kier molecular flexibility index (Phi) is 5.30. The molecule has 2 rings (SSSR count). The third kappa shape index (κ3) is 4.96. The lowest BCUT2D eigenvalue weighted by molar-refractivity contribution is -0.116. The first-order chi connectivity index (χ1) is 9.24. The highest BCUT2D eigenvalue weighted by molar-refractivity contribution is 9.11. The molecule has 0 saturated carbocycles. The molecule has 0 unspecified atom stereocenters. The smallest absolute Gasteiger partial charge is 0.244 e. The summed E-state index contributed by atoms with van der Waals surface area (Å²) < 4.78 is 1.06. The molecule has 0 aliphatic carbocycles. The van der Waals surface area contributed by atoms with Gasteiger partial charge in [0.25, 0.3) is 0 Å². The number of carbonyl (C=O) groups is 1. The lowest BCUT2D eigenvalue weighted by Crippen LogP contribution is -2.23. The van der Waals surface area contributed by atoms with Gasteiger partial charge in [-0.15, -0.1) is 11.3 Å². The monoisotopic (exact) mass is 336 g/mol. The Hall–Kier alpha value is -1.46. The molecule has 0 aliphatic rings. The quantitative estimate of drug-likeness (QED) is 0.851. The molecule has 0 aliphatic heterocycles. The third-order valence-electron chi connectivity index (χ3n) is 2.45. The van der Waals surface area contributed by atoms with Gasteiger partial charge in [0.2, 0.25) is 5.91 Å². The van der Waals surface area contributed by atoms with Gasteiger partial charge in [-0.3, -0.25) is 9.78 Å². The van der Waals surface area contributed by atoms with Crippen LogP contribution in [0.5, 0.6) is 0 Å². The number of aromatic nitrogens is 1. The molecule has 2 aromatic heterocycles. The molecule has 19 heavy (non-hydrogen) atoms. The highest BCUT2D eigenvalue weighted by Crippen LogP contribution is 2.21. The Morgan fingerprint density at radius 2 is 2.42 bits per heavy atom. The van der Waals surface area contributed by atoms with E-state index in [1.165, 1.54) is 0 Å². The predicted octanol–water partition coefficient (Wildman–Crippen LogP) is 3.28. The average Bonchev–Trinajstić information content (AvgIpc) is 2.83. The topological polar surface area (TPSA) is 42.0 Å². The summed E-state index contributed by atoms with van der Waals surface area (Å²) in [6, 6.07) is 5.87. The van der Waals surface area contributed by atoms with Crippen molar-refractivity contribution in [2.45, 2.75) is 6.42 Å². The minimum Gasteiger partial charge on any atom is -0.352 e. The Balaban J connectivity index is 1.74. The maximum atomic E-state index is 11.6. The van der Waals surface area contributed by atoms with E-state index in [9.17, 15) is 4.79 Å². The summed E-state index contributed by atoms with van der Waals surface area (Å²) >= 11 is 4.98. The minimum absolute atomic E-state index is 0.0776. The van der Waals surface area contributed by atoms with E-state index in [2.05, 4.69) is 26.2 Å². The van der Waals surface area contributed by atoms with Gasteiger partial charge in [-0.25, -0.2) is 0 Å². The van der Waals surface area contributed by atoms with Crippen molar-refractivity contribution in [3.8, 4) is 0 Å². The summed E-state index contributed by atoms with van der Waals surface area (Å²) in [6.45, 7) is 0.613. The van der Waals surface area contributed by atoms with Crippen LogP contribution < -0.4 is 5.32 Å². The van der Waals surface area contributed by atoms with Gasteiger partial charge < -0.3 is 5.32 Å². The summed E-state index contributed by atoms with van der Waals surface area (Å²) in [6.07, 6.45) is 7.70. The molecule has 0 spiro atoms. The first-order valence-electron chi connectivity index (χ1n) is 5.83. The number of carbonyl (C=O) groups excluding carboxylic acids is 1. The van der Waals surface area contributed by atoms with Crippen LogP contribution in [0.4, 0.5) is 0 Å². The number of thiophene rings is 1. The highest BCUT2D eigenvalue weighted by Gasteiger charge is 1.97. The molecular formula is C14H13BrN2OS. The van der Waals surface area contributed by atoms with Gasteiger partial charge in [0, 0.05) is 25.0 Å². The Morgan fingerprint density at radius 1 is 1.53 bits per heavy atom. The molecular weight excluding hydrogens is 324 g/mol. The van der Waals surface area contributed by atoms with Gasteiger partial charge in [0.05, 0.1) is 3.79 Å². The van der Waals surface area contributed by atoms with Crippen molar-refractivity contribution in [2.24, 2.45) is 0 Å². The highest BCUT2D eigenvalue weighted by atomic mass is 79.9. The molecule has 5 heteroatoms. The van der Waals surface area contributed by atoms with E-state index in [1.54, 1.807) is 29.7 Å². The van der Waals surface area contributed by atoms with Gasteiger partial charge in [0.15, 0.2) is 0 Å². The van der Waals surface area contributed by atoms with E-state index in [4.69, 9.17) is 0 Å². The van der Waals surface area contributed by atoms with Gasteiger partial charge in [-0.2, -0.15) is 0 Å². The lowest BCUT2D eigenvalue weighted by atomic mass is 10.2. The number of nitrogens with one attached hydrogen (secondary N) is 1. The van der Waals surface area contributed by atoms with Crippen molar-refractivity contribution in [1.29, 1.82) is 0 Å². The Labute approximate surface area is 124 Å². The number of halogens is 1. The van der Waals surface area contributed by atoms with Crippen molar-refractivity contribution < 1.29 is 4.79 Å². The van der Waals surface area contributed by atoms with Crippen LogP contribution in [0.3, 0.4) is 0 Å². The summed E-state index contributed by atoms with van der Waals surface area (Å²) in [5.41, 5.74) is 2.15. The summed E-state index contributed by atoms with van der Waals surface area (Å²) in [7, 11) is 0. The zero-order valence-electron chi connectivity index (χ0n) is 10.2. The van der Waals surface area contributed by atoms with Crippen molar-refractivity contribution in [2.75, 3.05) is 6.54 Å². The van der Waals surface area contributed by atoms with Crippen LogP contribution in [0, 0.1) is 0 Å². The van der Waals surface area contributed by atoms with Crippen molar-refractivity contribution >= 4 is 39.2 Å². The fourth-order valence-corrected chi connectivity index (χ4v) is 2.66. The van der Waals surface area contributed by atoms with Crippen LogP contribution in [0.1, 0.15) is 11.1 Å². The van der Waals surface area contributed by atoms with Crippen LogP contribution in [-0.2, 0) is 11.2 Å². The fraction of sp³-hybridized carbons (Fsp3) is 0.143. The maximum Gasteiger partial charge on any atom is 0.244 e. The van der Waals surface area contributed by atoms with Gasteiger partial charge in [-0.05, 0) is 57.1 Å². The standard InChI is InChI=1S/C14H13BrN2OS/c15-13-8-12(10-19-13)3-4-14(18)17-7-5-11-2-1-6-16-9-11/h1-4,6,8-10H,5,7H2,(H,17,18)/b4-3+. The molecule has 0 bridgehead atoms. The number of rotatable bonds is 5. The first-order valence-corrected chi connectivity index (χ1v) is 7.50. The zero-order valence-corrected chi connectivity index (χ0v) is 12.6. The number of pyridine rings is 1.